The fourth-order valence-electron chi connectivity index (χ4n) is 3.41. The average molecular weight is 174 g/mol. The second-order valence-corrected chi connectivity index (χ2v) is 4.96. The third kappa shape index (κ3) is 0.651. The first-order valence-electron chi connectivity index (χ1n) is 5.40. The fourth-order valence-corrected chi connectivity index (χ4v) is 3.41. The fraction of sp³-hybridized carbons (Fsp3) is 0.727. The molecule has 2 saturated carbocycles. The van der Waals surface area contributed by atoms with E-state index in [1.54, 1.807) is 0 Å². The lowest BCUT2D eigenvalue weighted by Crippen LogP contribution is -2.34. The van der Waals surface area contributed by atoms with Crippen LogP contribution in [0.1, 0.15) is 42.7 Å². The predicted molar refractivity (Wildman–Crippen MR) is 49.6 cm³/mol. The van der Waals surface area contributed by atoms with Crippen LogP contribution >= 0.6 is 0 Å². The van der Waals surface area contributed by atoms with Gasteiger partial charge in [0, 0.05) is 18.2 Å². The summed E-state index contributed by atoms with van der Waals surface area (Å²) < 4.78 is 2.48. The SMILES string of the molecule is Cc1cn2c(n1)C1C[C@H]1C1CC[C@H]12. The van der Waals surface area contributed by atoms with E-state index >= 15 is 0 Å². The summed E-state index contributed by atoms with van der Waals surface area (Å²) in [7, 11) is 0. The van der Waals surface area contributed by atoms with Gasteiger partial charge >= 0.3 is 0 Å². The van der Waals surface area contributed by atoms with Crippen molar-refractivity contribution in [2.75, 3.05) is 0 Å². The molecule has 1 aromatic heterocycles. The molecule has 13 heavy (non-hydrogen) atoms. The number of aryl methyl sites for hydroxylation is 1. The Balaban J connectivity index is 1.92. The van der Waals surface area contributed by atoms with E-state index in [0.717, 1.165) is 23.8 Å². The molecule has 3 aliphatic rings. The van der Waals surface area contributed by atoms with Crippen molar-refractivity contribution in [3.63, 3.8) is 0 Å². The second kappa shape index (κ2) is 1.84. The van der Waals surface area contributed by atoms with Crippen LogP contribution in [0.3, 0.4) is 0 Å². The Labute approximate surface area is 78.0 Å². The number of nitrogens with zero attached hydrogens (tertiary/aromatic N) is 2. The van der Waals surface area contributed by atoms with Crippen molar-refractivity contribution in [1.29, 1.82) is 0 Å². The smallest absolute Gasteiger partial charge is 0.112 e. The molecular weight excluding hydrogens is 160 g/mol. The van der Waals surface area contributed by atoms with Gasteiger partial charge in [0.05, 0.1) is 5.69 Å². The summed E-state index contributed by atoms with van der Waals surface area (Å²) in [6.07, 6.45) is 6.57. The molecule has 0 saturated heterocycles. The Bertz CT molecular complexity index is 379. The van der Waals surface area contributed by atoms with Gasteiger partial charge in [0.1, 0.15) is 5.82 Å². The molecule has 2 fully saturated rings. The maximum absolute atomic E-state index is 4.66. The maximum Gasteiger partial charge on any atom is 0.112 e. The van der Waals surface area contributed by atoms with Gasteiger partial charge in [-0.05, 0) is 38.0 Å². The topological polar surface area (TPSA) is 17.8 Å². The van der Waals surface area contributed by atoms with Crippen molar-refractivity contribution in [3.8, 4) is 0 Å². The lowest BCUT2D eigenvalue weighted by atomic mass is 9.74. The molecule has 0 N–H and O–H groups in total. The Kier molecular flexibility index (Phi) is 0.938. The summed E-state index contributed by atoms with van der Waals surface area (Å²) in [6.45, 7) is 2.12. The van der Waals surface area contributed by atoms with Crippen molar-refractivity contribution >= 4 is 0 Å². The average Bonchev–Trinajstić information content (AvgIpc) is 2.67. The molecule has 2 aliphatic carbocycles. The third-order valence-corrected chi connectivity index (χ3v) is 4.25. The molecule has 1 aliphatic heterocycles. The number of imidazole rings is 1. The van der Waals surface area contributed by atoms with E-state index in [2.05, 4.69) is 22.7 Å². The van der Waals surface area contributed by atoms with Gasteiger partial charge in [-0.3, -0.25) is 0 Å². The molecular formula is C11H14N2. The van der Waals surface area contributed by atoms with Crippen molar-refractivity contribution in [2.45, 2.75) is 38.1 Å². The zero-order chi connectivity index (χ0) is 8.58. The van der Waals surface area contributed by atoms with E-state index in [1.165, 1.54) is 30.8 Å². The molecule has 0 bridgehead atoms. The molecule has 0 spiro atoms. The minimum atomic E-state index is 0.833. The minimum absolute atomic E-state index is 0.833. The van der Waals surface area contributed by atoms with Crippen LogP contribution in [-0.2, 0) is 0 Å². The van der Waals surface area contributed by atoms with Crippen LogP contribution in [0.5, 0.6) is 0 Å². The molecule has 0 radical (unpaired) electrons. The summed E-state index contributed by atoms with van der Waals surface area (Å²) in [5, 5.41) is 0. The van der Waals surface area contributed by atoms with Gasteiger partial charge < -0.3 is 4.57 Å². The van der Waals surface area contributed by atoms with Crippen LogP contribution < -0.4 is 0 Å². The van der Waals surface area contributed by atoms with Gasteiger partial charge in [-0.25, -0.2) is 4.98 Å². The number of rotatable bonds is 0. The van der Waals surface area contributed by atoms with Gasteiger partial charge in [-0.2, -0.15) is 0 Å². The number of hydrogen-bond donors (Lipinski definition) is 0. The molecule has 68 valence electrons. The van der Waals surface area contributed by atoms with E-state index < -0.39 is 0 Å². The molecule has 1 aromatic rings. The Morgan fingerprint density at radius 3 is 3.08 bits per heavy atom. The summed E-state index contributed by atoms with van der Waals surface area (Å²) in [5.41, 5.74) is 1.22. The number of aromatic nitrogens is 2. The zero-order valence-corrected chi connectivity index (χ0v) is 7.90. The van der Waals surface area contributed by atoms with Crippen LogP contribution in [-0.4, -0.2) is 9.55 Å². The standard InChI is InChI=1S/C11H14N2/c1-6-5-13-10-3-2-7(10)8-4-9(8)11(13)12-6/h5,7-10H,2-4H2,1H3/t7?,8-,9?,10+/m0/s1. The largest absolute Gasteiger partial charge is 0.331 e. The van der Waals surface area contributed by atoms with Gasteiger partial charge in [-0.15, -0.1) is 0 Å². The summed E-state index contributed by atoms with van der Waals surface area (Å²) >= 11 is 0. The van der Waals surface area contributed by atoms with Crippen LogP contribution in [0.4, 0.5) is 0 Å². The highest BCUT2D eigenvalue weighted by atomic mass is 15.1. The van der Waals surface area contributed by atoms with E-state index in [9.17, 15) is 0 Å². The minimum Gasteiger partial charge on any atom is -0.331 e. The van der Waals surface area contributed by atoms with Crippen LogP contribution in [0.15, 0.2) is 6.20 Å². The van der Waals surface area contributed by atoms with E-state index in [0.29, 0.717) is 0 Å². The number of fused-ring (bicyclic) bond motifs is 6. The van der Waals surface area contributed by atoms with Crippen molar-refractivity contribution in [3.05, 3.63) is 17.7 Å². The quantitative estimate of drug-likeness (QED) is 0.590. The molecule has 2 unspecified atom stereocenters. The van der Waals surface area contributed by atoms with Gasteiger partial charge in [0.25, 0.3) is 0 Å². The highest BCUT2D eigenvalue weighted by molar-refractivity contribution is 5.23. The monoisotopic (exact) mass is 174 g/mol. The van der Waals surface area contributed by atoms with Gasteiger partial charge in [-0.1, -0.05) is 0 Å². The van der Waals surface area contributed by atoms with Crippen LogP contribution in [0.2, 0.25) is 0 Å². The van der Waals surface area contributed by atoms with Crippen molar-refractivity contribution < 1.29 is 0 Å². The highest BCUT2D eigenvalue weighted by Crippen LogP contribution is 2.64. The molecule has 0 aromatic carbocycles. The highest BCUT2D eigenvalue weighted by Gasteiger charge is 2.56. The summed E-state index contributed by atoms with van der Waals surface area (Å²) in [4.78, 5) is 4.66. The summed E-state index contributed by atoms with van der Waals surface area (Å²) in [5.74, 6) is 4.29. The molecule has 4 atom stereocenters. The van der Waals surface area contributed by atoms with Gasteiger partial charge in [0.15, 0.2) is 0 Å². The van der Waals surface area contributed by atoms with Gasteiger partial charge in [0.2, 0.25) is 0 Å². The molecule has 2 nitrogen and oxygen atoms in total. The van der Waals surface area contributed by atoms with Crippen LogP contribution in [0.25, 0.3) is 0 Å². The Morgan fingerprint density at radius 2 is 2.31 bits per heavy atom. The first-order valence-corrected chi connectivity index (χ1v) is 5.40. The van der Waals surface area contributed by atoms with E-state index in [4.69, 9.17) is 0 Å². The second-order valence-electron chi connectivity index (χ2n) is 4.96. The normalized spacial score (nSPS) is 44.4. The number of hydrogen-bond acceptors (Lipinski definition) is 1. The molecule has 2 heterocycles. The first kappa shape index (κ1) is 6.63. The zero-order valence-electron chi connectivity index (χ0n) is 7.90. The summed E-state index contributed by atoms with van der Waals surface area (Å²) in [6, 6.07) is 0.833. The Hall–Kier alpha value is -0.790. The van der Waals surface area contributed by atoms with Crippen molar-refractivity contribution in [1.82, 2.24) is 9.55 Å². The molecule has 2 heteroatoms. The maximum atomic E-state index is 4.66. The lowest BCUT2D eigenvalue weighted by molar-refractivity contribution is 0.133. The van der Waals surface area contributed by atoms with Crippen LogP contribution in [0, 0.1) is 18.8 Å². The predicted octanol–water partition coefficient (Wildman–Crippen LogP) is 2.26. The lowest BCUT2D eigenvalue weighted by Gasteiger charge is -2.41. The third-order valence-electron chi connectivity index (χ3n) is 4.25. The molecule has 4 rings (SSSR count). The van der Waals surface area contributed by atoms with E-state index in [-0.39, 0.29) is 0 Å². The first-order chi connectivity index (χ1) is 6.34. The van der Waals surface area contributed by atoms with Crippen molar-refractivity contribution in [2.24, 2.45) is 11.8 Å². The van der Waals surface area contributed by atoms with E-state index in [1.807, 2.05) is 0 Å². The molecule has 0 amide bonds. The Morgan fingerprint density at radius 1 is 1.38 bits per heavy atom.